The van der Waals surface area contributed by atoms with Gasteiger partial charge in [0.05, 0.1) is 0 Å². The number of alkyl halides is 24. The van der Waals surface area contributed by atoms with Gasteiger partial charge in [-0.1, -0.05) is 52.4 Å². The second-order valence-electron chi connectivity index (χ2n) is 12.5. The third kappa shape index (κ3) is 33.2. The molecule has 0 aromatic carbocycles. The van der Waals surface area contributed by atoms with Gasteiger partial charge >= 0.3 is 101 Å². The Balaban J connectivity index is -0.000000246. The van der Waals surface area contributed by atoms with Gasteiger partial charge in [-0.05, 0) is 59.9 Å². The van der Waals surface area contributed by atoms with Gasteiger partial charge in [-0.15, -0.1) is 24.7 Å². The van der Waals surface area contributed by atoms with Crippen molar-refractivity contribution in [1.82, 2.24) is 40.8 Å². The quantitative estimate of drug-likeness (QED) is 0.0743. The van der Waals surface area contributed by atoms with E-state index in [4.69, 9.17) is 12.8 Å². The normalized spacial score (nSPS) is 11.7. The first-order valence-corrected chi connectivity index (χ1v) is 18.1. The van der Waals surface area contributed by atoms with Gasteiger partial charge in [0.25, 0.3) is 0 Å². The maximum atomic E-state index is 11.7. The molecule has 0 atom stereocenters. The summed E-state index contributed by atoms with van der Waals surface area (Å²) in [5, 5.41) is 18.9. The van der Waals surface area contributed by atoms with Crippen molar-refractivity contribution < 1.29 is 157 Å². The molecule has 4 heterocycles. The average molecular weight is 1220 g/mol. The van der Waals surface area contributed by atoms with Crippen molar-refractivity contribution >= 4 is 0 Å². The third-order valence-corrected chi connectivity index (χ3v) is 6.83. The zero-order valence-electron chi connectivity index (χ0n) is 35.1. The minimum atomic E-state index is -4.89. The number of unbranched alkanes of at least 4 members (excludes halogenated alkanes) is 8. The Bertz CT molecular complexity index is 1680. The van der Waals surface area contributed by atoms with Crippen molar-refractivity contribution in [2.45, 2.75) is 127 Å². The molecule has 417 valence electrons. The molecule has 0 fully saturated rings. The molecule has 0 amide bonds. The van der Waals surface area contributed by atoms with E-state index in [2.05, 4.69) is 66.5 Å². The molecule has 0 bridgehead atoms. The van der Waals surface area contributed by atoms with Gasteiger partial charge in [0.15, 0.2) is 0 Å². The van der Waals surface area contributed by atoms with Gasteiger partial charge in [-0.3, -0.25) is 0 Å². The summed E-state index contributed by atoms with van der Waals surface area (Å²) in [7, 11) is 0. The third-order valence-electron chi connectivity index (χ3n) is 6.83. The fraction of sp³-hybridized carbons (Fsp3) is 0.556. The second-order valence-corrected chi connectivity index (χ2v) is 12.5. The number of rotatable bonds is 8. The van der Waals surface area contributed by atoms with E-state index in [-0.39, 0.29) is 75.5 Å². The standard InChI is InChI=1S/2C8H14.4C5HF6N2.3Cu/c2*1-3-5-7-8-6-4-2;4*6-4(7,8)2-1-3(13-12-2)5(9,10)11;;;/h2*1H,4-8H2,2H3;4*1H;;;/q;;4*-1;2*+1;+2. The van der Waals surface area contributed by atoms with E-state index in [9.17, 15) is 105 Å². The summed E-state index contributed by atoms with van der Waals surface area (Å²) in [5.41, 5.74) is -13.1. The van der Waals surface area contributed by atoms with E-state index >= 15 is 0 Å². The van der Waals surface area contributed by atoms with Gasteiger partial charge in [0, 0.05) is 12.8 Å². The molecule has 0 saturated heterocycles. The van der Waals surface area contributed by atoms with E-state index in [1.807, 2.05) is 0 Å². The van der Waals surface area contributed by atoms with Crippen molar-refractivity contribution in [1.29, 1.82) is 0 Å². The fourth-order valence-corrected chi connectivity index (χ4v) is 3.60. The van der Waals surface area contributed by atoms with Gasteiger partial charge < -0.3 is 40.8 Å². The van der Waals surface area contributed by atoms with Crippen LogP contribution in [0.1, 0.15) is 124 Å². The van der Waals surface area contributed by atoms with Crippen LogP contribution in [-0.2, 0) is 101 Å². The molecule has 0 aliphatic carbocycles. The maximum Gasteiger partial charge on any atom is 2.00 e. The Morgan fingerprint density at radius 1 is 0.352 bits per heavy atom. The molecule has 4 aromatic rings. The first-order valence-electron chi connectivity index (χ1n) is 18.1. The molecule has 4 aromatic heterocycles. The molecule has 0 aliphatic heterocycles. The van der Waals surface area contributed by atoms with Gasteiger partial charge in [0.1, 0.15) is 22.8 Å². The molecular formula is C36H32Cu3F24N8. The van der Waals surface area contributed by atoms with Crippen LogP contribution < -0.4 is 20.4 Å². The first kappa shape index (κ1) is 75.8. The molecule has 0 saturated carbocycles. The summed E-state index contributed by atoms with van der Waals surface area (Å²) in [4.78, 5) is 0. The van der Waals surface area contributed by atoms with Crippen LogP contribution >= 0.6 is 0 Å². The molecule has 8 nitrogen and oxygen atoms in total. The summed E-state index contributed by atoms with van der Waals surface area (Å²) in [5.74, 6) is 5.25. The SMILES string of the molecule is C#CCCCCCC.C#CCCCCCC.FC(F)(F)c1cc(C(F)(F)F)[n-]n1.FC(F)(F)c1cc(C(F)(F)F)[n-]n1.FC(F)(F)c1cc(C(F)(F)F)[n-]n1.FC(F)(F)c1cc(C(F)(F)F)[n-]n1.[Cu+2].[Cu+].[Cu+]. The summed E-state index contributed by atoms with van der Waals surface area (Å²) in [6.45, 7) is 4.41. The number of nitrogens with zero attached hydrogens (tertiary/aromatic N) is 8. The number of hydrogen-bond acceptors (Lipinski definition) is 4. The number of hydrogen-bond donors (Lipinski definition) is 0. The second kappa shape index (κ2) is 32.8. The Morgan fingerprint density at radius 3 is 0.634 bits per heavy atom. The fourth-order valence-electron chi connectivity index (χ4n) is 3.60. The summed E-state index contributed by atoms with van der Waals surface area (Å²) < 4.78 is 281. The summed E-state index contributed by atoms with van der Waals surface area (Å²) in [6, 6.07) is -0.556. The summed E-state index contributed by atoms with van der Waals surface area (Å²) in [6.07, 6.45) is -16.8. The van der Waals surface area contributed by atoms with Crippen LogP contribution in [0.25, 0.3) is 0 Å². The van der Waals surface area contributed by atoms with E-state index in [1.54, 1.807) is 0 Å². The van der Waals surface area contributed by atoms with Crippen LogP contribution in [0.2, 0.25) is 0 Å². The van der Waals surface area contributed by atoms with Crippen LogP contribution in [0.4, 0.5) is 105 Å². The van der Waals surface area contributed by atoms with Crippen LogP contribution in [-0.4, -0.2) is 20.4 Å². The molecule has 0 spiro atoms. The number of aromatic nitrogens is 8. The van der Waals surface area contributed by atoms with Crippen molar-refractivity contribution in [2.24, 2.45) is 0 Å². The average Bonchev–Trinajstić information content (AvgIpc) is 4.01. The van der Waals surface area contributed by atoms with Gasteiger partial charge in [-0.25, -0.2) is 0 Å². The van der Waals surface area contributed by atoms with E-state index < -0.39 is 95.0 Å². The zero-order valence-corrected chi connectivity index (χ0v) is 37.9. The molecule has 4 rings (SSSR count). The van der Waals surface area contributed by atoms with E-state index in [1.165, 1.54) is 51.4 Å². The van der Waals surface area contributed by atoms with Crippen molar-refractivity contribution in [3.63, 3.8) is 0 Å². The van der Waals surface area contributed by atoms with E-state index in [0.29, 0.717) is 0 Å². The van der Waals surface area contributed by atoms with E-state index in [0.717, 1.165) is 12.8 Å². The molecule has 71 heavy (non-hydrogen) atoms. The molecule has 1 radical (unpaired) electrons. The van der Waals surface area contributed by atoms with Crippen molar-refractivity contribution in [3.05, 3.63) is 69.8 Å². The molecule has 0 unspecified atom stereocenters. The monoisotopic (exact) mass is 1220 g/mol. The smallest absolute Gasteiger partial charge is 0.571 e. The zero-order chi connectivity index (χ0) is 53.6. The Labute approximate surface area is 418 Å². The van der Waals surface area contributed by atoms with Gasteiger partial charge in [-0.2, -0.15) is 105 Å². The maximum absolute atomic E-state index is 11.7. The minimum absolute atomic E-state index is 0. The predicted octanol–water partition coefficient (Wildman–Crippen LogP) is 13.5. The van der Waals surface area contributed by atoms with Gasteiger partial charge in [0.2, 0.25) is 0 Å². The van der Waals surface area contributed by atoms with Crippen LogP contribution in [0, 0.1) is 24.7 Å². The number of terminal acetylenes is 2. The van der Waals surface area contributed by atoms with Crippen LogP contribution in [0.5, 0.6) is 0 Å². The first-order chi connectivity index (χ1) is 30.7. The predicted molar refractivity (Wildman–Crippen MR) is 185 cm³/mol. The molecule has 35 heteroatoms. The van der Waals surface area contributed by atoms with Crippen molar-refractivity contribution in [2.75, 3.05) is 0 Å². The topological polar surface area (TPSA) is 108 Å². The molecular weight excluding hydrogens is 1190 g/mol. The number of halogens is 24. The Morgan fingerprint density at radius 2 is 0.535 bits per heavy atom. The van der Waals surface area contributed by atoms with Crippen molar-refractivity contribution in [3.8, 4) is 24.7 Å². The Kier molecular flexibility index (Phi) is 35.0. The molecule has 0 N–H and O–H groups in total. The summed E-state index contributed by atoms with van der Waals surface area (Å²) >= 11 is 0. The Hall–Kier alpha value is -4.16. The molecule has 0 aliphatic rings. The van der Waals surface area contributed by atoms with Crippen LogP contribution in [0.15, 0.2) is 24.3 Å². The largest absolute Gasteiger partial charge is 2.00 e. The minimum Gasteiger partial charge on any atom is -0.571 e. The van der Waals surface area contributed by atoms with Crippen LogP contribution in [0.3, 0.4) is 0 Å².